The predicted octanol–water partition coefficient (Wildman–Crippen LogP) is 2.23. The van der Waals surface area contributed by atoms with E-state index < -0.39 is 17.8 Å². The minimum Gasteiger partial charge on any atom is -0.462 e. The zero-order valence-electron chi connectivity index (χ0n) is 16.6. The van der Waals surface area contributed by atoms with Crippen LogP contribution in [-0.2, 0) is 14.3 Å². The SMILES string of the molecule is CCOC(=O)c1ccc(NC(=O)C(=O)NC2CC(C)(C)NC(C)(C)C2)cc1. The highest BCUT2D eigenvalue weighted by Gasteiger charge is 2.38. The summed E-state index contributed by atoms with van der Waals surface area (Å²) in [7, 11) is 0. The van der Waals surface area contributed by atoms with Gasteiger partial charge >= 0.3 is 17.8 Å². The normalized spacial score (nSPS) is 18.4. The van der Waals surface area contributed by atoms with Gasteiger partial charge in [0.2, 0.25) is 0 Å². The smallest absolute Gasteiger partial charge is 0.338 e. The fourth-order valence-electron chi connectivity index (χ4n) is 3.77. The molecule has 148 valence electrons. The van der Waals surface area contributed by atoms with Crippen molar-refractivity contribution >= 4 is 23.5 Å². The van der Waals surface area contributed by atoms with Gasteiger partial charge in [-0.05, 0) is 71.7 Å². The molecule has 0 atom stereocenters. The van der Waals surface area contributed by atoms with Gasteiger partial charge in [-0.25, -0.2) is 4.79 Å². The lowest BCUT2D eigenvalue weighted by Crippen LogP contribution is -2.62. The van der Waals surface area contributed by atoms with E-state index >= 15 is 0 Å². The molecule has 7 heteroatoms. The van der Waals surface area contributed by atoms with Crippen LogP contribution in [0, 0.1) is 0 Å². The first-order valence-corrected chi connectivity index (χ1v) is 9.20. The van der Waals surface area contributed by atoms with Crippen LogP contribution >= 0.6 is 0 Å². The predicted molar refractivity (Wildman–Crippen MR) is 103 cm³/mol. The number of nitrogens with one attached hydrogen (secondary N) is 3. The number of rotatable bonds is 4. The molecule has 1 aliphatic rings. The zero-order chi connectivity index (χ0) is 20.2. The summed E-state index contributed by atoms with van der Waals surface area (Å²) in [5.41, 5.74) is 0.575. The standard InChI is InChI=1S/C20H29N3O4/c1-6-27-18(26)13-7-9-14(10-8-13)21-16(24)17(25)22-15-11-19(2,3)23-20(4,5)12-15/h7-10,15,23H,6,11-12H2,1-5H3,(H,21,24)(H,22,25). The Bertz CT molecular complexity index is 694. The zero-order valence-corrected chi connectivity index (χ0v) is 16.6. The third-order valence-electron chi connectivity index (χ3n) is 4.39. The highest BCUT2D eigenvalue weighted by atomic mass is 16.5. The van der Waals surface area contributed by atoms with Crippen LogP contribution in [0.1, 0.15) is 57.8 Å². The van der Waals surface area contributed by atoms with E-state index in [-0.39, 0.29) is 17.1 Å². The van der Waals surface area contributed by atoms with Crippen molar-refractivity contribution in [2.45, 2.75) is 64.6 Å². The summed E-state index contributed by atoms with van der Waals surface area (Å²) in [5.74, 6) is -1.82. The van der Waals surface area contributed by atoms with E-state index in [0.29, 0.717) is 17.9 Å². The summed E-state index contributed by atoms with van der Waals surface area (Å²) >= 11 is 0. The number of hydrogen-bond donors (Lipinski definition) is 3. The second-order valence-corrected chi connectivity index (χ2v) is 8.22. The van der Waals surface area contributed by atoms with Crippen molar-refractivity contribution in [3.8, 4) is 0 Å². The average Bonchev–Trinajstić information content (AvgIpc) is 2.52. The van der Waals surface area contributed by atoms with E-state index in [2.05, 4.69) is 43.6 Å². The molecule has 1 saturated heterocycles. The quantitative estimate of drug-likeness (QED) is 0.554. The fraction of sp³-hybridized carbons (Fsp3) is 0.550. The van der Waals surface area contributed by atoms with Crippen molar-refractivity contribution < 1.29 is 19.1 Å². The molecule has 1 aliphatic heterocycles. The second kappa shape index (κ2) is 8.08. The molecule has 2 amide bonds. The number of ether oxygens (including phenoxy) is 1. The van der Waals surface area contributed by atoms with Gasteiger partial charge in [0.05, 0.1) is 12.2 Å². The van der Waals surface area contributed by atoms with Gasteiger partial charge < -0.3 is 20.7 Å². The Morgan fingerprint density at radius 1 is 1.04 bits per heavy atom. The average molecular weight is 375 g/mol. The highest BCUT2D eigenvalue weighted by molar-refractivity contribution is 6.39. The molecular weight excluding hydrogens is 346 g/mol. The Balaban J connectivity index is 1.94. The molecule has 0 unspecified atom stereocenters. The van der Waals surface area contributed by atoms with Crippen LogP contribution in [0.2, 0.25) is 0 Å². The lowest BCUT2D eigenvalue weighted by atomic mass is 9.79. The molecule has 1 aromatic rings. The van der Waals surface area contributed by atoms with Crippen LogP contribution in [0.15, 0.2) is 24.3 Å². The molecule has 2 rings (SSSR count). The van der Waals surface area contributed by atoms with Gasteiger partial charge in [0.1, 0.15) is 0 Å². The van der Waals surface area contributed by atoms with Crippen molar-refractivity contribution in [3.05, 3.63) is 29.8 Å². The van der Waals surface area contributed by atoms with Gasteiger partial charge in [0.25, 0.3) is 0 Å². The van der Waals surface area contributed by atoms with Gasteiger partial charge in [-0.15, -0.1) is 0 Å². The molecule has 3 N–H and O–H groups in total. The summed E-state index contributed by atoms with van der Waals surface area (Å²) in [5, 5.41) is 8.92. The first-order valence-electron chi connectivity index (χ1n) is 9.20. The highest BCUT2D eigenvalue weighted by Crippen LogP contribution is 2.28. The van der Waals surface area contributed by atoms with Crippen LogP contribution in [0.3, 0.4) is 0 Å². The molecule has 0 aliphatic carbocycles. The molecule has 0 aromatic heterocycles. The van der Waals surface area contributed by atoms with Crippen molar-refractivity contribution in [1.82, 2.24) is 10.6 Å². The largest absolute Gasteiger partial charge is 0.462 e. The number of amides is 2. The topological polar surface area (TPSA) is 96.5 Å². The number of hydrogen-bond acceptors (Lipinski definition) is 5. The maximum atomic E-state index is 12.3. The number of piperidine rings is 1. The van der Waals surface area contributed by atoms with E-state index in [1.165, 1.54) is 0 Å². The molecule has 1 aromatic carbocycles. The molecule has 0 saturated carbocycles. The molecule has 0 spiro atoms. The van der Waals surface area contributed by atoms with Gasteiger partial charge in [-0.3, -0.25) is 9.59 Å². The van der Waals surface area contributed by atoms with Crippen LogP contribution in [0.4, 0.5) is 5.69 Å². The van der Waals surface area contributed by atoms with E-state index in [9.17, 15) is 14.4 Å². The second-order valence-electron chi connectivity index (χ2n) is 8.22. The third kappa shape index (κ3) is 6.06. The monoisotopic (exact) mass is 375 g/mol. The van der Waals surface area contributed by atoms with Gasteiger partial charge in [0.15, 0.2) is 0 Å². The minimum absolute atomic E-state index is 0.0827. The molecule has 0 radical (unpaired) electrons. The van der Waals surface area contributed by atoms with Crippen molar-refractivity contribution in [2.24, 2.45) is 0 Å². The van der Waals surface area contributed by atoms with Crippen molar-refractivity contribution in [3.63, 3.8) is 0 Å². The molecular formula is C20H29N3O4. The van der Waals surface area contributed by atoms with E-state index in [1.807, 2.05) is 0 Å². The van der Waals surface area contributed by atoms with Gasteiger partial charge in [-0.1, -0.05) is 0 Å². The van der Waals surface area contributed by atoms with Crippen LogP contribution in [0.25, 0.3) is 0 Å². The fourth-order valence-corrected chi connectivity index (χ4v) is 3.77. The Morgan fingerprint density at radius 3 is 2.11 bits per heavy atom. The number of esters is 1. The summed E-state index contributed by atoms with van der Waals surface area (Å²) < 4.78 is 4.91. The minimum atomic E-state index is -0.729. The lowest BCUT2D eigenvalue weighted by Gasteiger charge is -2.46. The molecule has 27 heavy (non-hydrogen) atoms. The Kier molecular flexibility index (Phi) is 6.26. The van der Waals surface area contributed by atoms with E-state index in [0.717, 1.165) is 12.8 Å². The first-order chi connectivity index (χ1) is 12.5. The number of benzene rings is 1. The maximum Gasteiger partial charge on any atom is 0.338 e. The summed E-state index contributed by atoms with van der Waals surface area (Å²) in [4.78, 5) is 36.1. The van der Waals surface area contributed by atoms with Crippen LogP contribution < -0.4 is 16.0 Å². The summed E-state index contributed by atoms with van der Waals surface area (Å²) in [6.45, 7) is 10.4. The van der Waals surface area contributed by atoms with Crippen LogP contribution in [-0.4, -0.2) is 41.5 Å². The first kappa shape index (κ1) is 20.9. The Hall–Kier alpha value is -2.41. The van der Waals surface area contributed by atoms with E-state index in [1.54, 1.807) is 31.2 Å². The number of carbonyl (C=O) groups is 3. The van der Waals surface area contributed by atoms with Crippen LogP contribution in [0.5, 0.6) is 0 Å². The number of carbonyl (C=O) groups excluding carboxylic acids is 3. The number of anilines is 1. The van der Waals surface area contributed by atoms with Gasteiger partial charge in [-0.2, -0.15) is 0 Å². The maximum absolute atomic E-state index is 12.3. The summed E-state index contributed by atoms with van der Waals surface area (Å²) in [6, 6.07) is 6.13. The molecule has 7 nitrogen and oxygen atoms in total. The van der Waals surface area contributed by atoms with Crippen molar-refractivity contribution in [2.75, 3.05) is 11.9 Å². The summed E-state index contributed by atoms with van der Waals surface area (Å²) in [6.07, 6.45) is 1.48. The Morgan fingerprint density at radius 2 is 1.59 bits per heavy atom. The Labute approximate surface area is 160 Å². The van der Waals surface area contributed by atoms with E-state index in [4.69, 9.17) is 4.74 Å². The third-order valence-corrected chi connectivity index (χ3v) is 4.39. The molecule has 0 bridgehead atoms. The van der Waals surface area contributed by atoms with Crippen molar-refractivity contribution in [1.29, 1.82) is 0 Å². The molecule has 1 heterocycles. The van der Waals surface area contributed by atoms with Gasteiger partial charge in [0, 0.05) is 22.8 Å². The molecule has 1 fully saturated rings. The lowest BCUT2D eigenvalue weighted by molar-refractivity contribution is -0.137.